The minimum atomic E-state index is -3.76. The van der Waals surface area contributed by atoms with E-state index in [1.165, 1.54) is 40.7 Å². The quantitative estimate of drug-likeness (QED) is 0.0836. The zero-order chi connectivity index (χ0) is 38.7. The molecule has 13 nitrogen and oxygen atoms in total. The number of esters is 1. The number of halogens is 4. The number of amides is 2. The molecule has 6 rings (SSSR count). The number of nitrogens with zero attached hydrogens (tertiary/aromatic N) is 4. The van der Waals surface area contributed by atoms with E-state index in [9.17, 15) is 36.8 Å². The molecule has 1 aliphatic carbocycles. The summed E-state index contributed by atoms with van der Waals surface area (Å²) in [4.78, 5) is 43.4. The van der Waals surface area contributed by atoms with E-state index in [0.717, 1.165) is 56.1 Å². The van der Waals surface area contributed by atoms with Gasteiger partial charge in [0.1, 0.15) is 22.7 Å². The van der Waals surface area contributed by atoms with Crippen molar-refractivity contribution in [3.05, 3.63) is 86.3 Å². The summed E-state index contributed by atoms with van der Waals surface area (Å²) in [6, 6.07) is 8.10. The lowest BCUT2D eigenvalue weighted by Gasteiger charge is -2.30. The van der Waals surface area contributed by atoms with Crippen LogP contribution in [-0.2, 0) is 26.0 Å². The fraction of sp³-hybridized carbons (Fsp3) is 0.429. The molecule has 0 N–H and O–H groups in total. The highest BCUT2D eigenvalue weighted by Crippen LogP contribution is 2.38. The lowest BCUT2D eigenvalue weighted by Crippen LogP contribution is -2.41. The average molecular weight is 830 g/mol. The summed E-state index contributed by atoms with van der Waals surface area (Å²) >= 11 is 14.5. The van der Waals surface area contributed by atoms with Crippen LogP contribution in [0.25, 0.3) is 0 Å². The summed E-state index contributed by atoms with van der Waals surface area (Å²) in [6.45, 7) is -1.46. The van der Waals surface area contributed by atoms with Crippen LogP contribution in [0.15, 0.2) is 48.8 Å². The molecule has 3 aromatic rings. The van der Waals surface area contributed by atoms with E-state index in [2.05, 4.69) is 9.64 Å². The van der Waals surface area contributed by atoms with Gasteiger partial charge in [0.2, 0.25) is 10.0 Å². The first kappa shape index (κ1) is 39.8. The molecule has 2 fully saturated rings. The lowest BCUT2D eigenvalue weighted by molar-refractivity contribution is -0.605. The monoisotopic (exact) mass is 828 g/mol. The van der Waals surface area contributed by atoms with Crippen molar-refractivity contribution < 1.29 is 50.5 Å². The predicted octanol–water partition coefficient (Wildman–Crippen LogP) is 4.96. The molecule has 2 amide bonds. The van der Waals surface area contributed by atoms with Gasteiger partial charge in [-0.25, -0.2) is 8.42 Å². The third kappa shape index (κ3) is 9.66. The number of aromatic nitrogens is 1. The lowest BCUT2D eigenvalue weighted by atomic mass is 10.0. The number of hydrogen-bond donors (Lipinski definition) is 0. The van der Waals surface area contributed by atoms with Crippen molar-refractivity contribution in [2.45, 2.75) is 32.0 Å². The van der Waals surface area contributed by atoms with E-state index in [-0.39, 0.29) is 75.0 Å². The molecule has 54 heavy (non-hydrogen) atoms. The molecule has 0 bridgehead atoms. The number of fused-ring (bicyclic) bond motifs is 1. The second-order valence-electron chi connectivity index (χ2n) is 13.0. The maximum Gasteiger partial charge on any atom is 0.387 e. The number of anilines is 1. The Morgan fingerprint density at radius 1 is 1.04 bits per heavy atom. The molecule has 1 saturated heterocycles. The molecule has 0 spiro atoms. The first-order chi connectivity index (χ1) is 25.7. The number of thioether (sulfide) groups is 1. The third-order valence-corrected chi connectivity index (χ3v) is 11.9. The fourth-order valence-electron chi connectivity index (χ4n) is 6.11. The van der Waals surface area contributed by atoms with Crippen LogP contribution >= 0.6 is 35.0 Å². The number of carbonyl (C=O) groups excluding carboxylic acids is 3. The van der Waals surface area contributed by atoms with Gasteiger partial charge >= 0.3 is 12.6 Å². The first-order valence-corrected chi connectivity index (χ1v) is 20.7. The second-order valence-corrected chi connectivity index (χ2v) is 17.0. The Bertz CT molecular complexity index is 2010. The third-order valence-electron chi connectivity index (χ3n) is 9.10. The summed E-state index contributed by atoms with van der Waals surface area (Å²) in [7, 11) is -3.76. The van der Waals surface area contributed by atoms with Gasteiger partial charge in [0.25, 0.3) is 11.8 Å². The molecule has 3 heterocycles. The zero-order valence-corrected chi connectivity index (χ0v) is 32.1. The van der Waals surface area contributed by atoms with E-state index in [1.807, 2.05) is 11.8 Å². The van der Waals surface area contributed by atoms with Crippen molar-refractivity contribution in [3.8, 4) is 11.5 Å². The van der Waals surface area contributed by atoms with Gasteiger partial charge in [-0.3, -0.25) is 28.5 Å². The van der Waals surface area contributed by atoms with Gasteiger partial charge in [-0.15, -0.1) is 0 Å². The second kappa shape index (κ2) is 16.9. The van der Waals surface area contributed by atoms with E-state index in [0.29, 0.717) is 16.2 Å². The number of pyridine rings is 1. The van der Waals surface area contributed by atoms with Crippen molar-refractivity contribution in [3.63, 3.8) is 0 Å². The van der Waals surface area contributed by atoms with Gasteiger partial charge in [0.05, 0.1) is 29.7 Å². The highest BCUT2D eigenvalue weighted by molar-refractivity contribution is 7.99. The zero-order valence-electron chi connectivity index (χ0n) is 28.9. The minimum Gasteiger partial charge on any atom is -0.619 e. The normalized spacial score (nSPS) is 16.7. The Morgan fingerprint density at radius 2 is 1.72 bits per heavy atom. The van der Waals surface area contributed by atoms with Crippen LogP contribution in [0.5, 0.6) is 11.5 Å². The Morgan fingerprint density at radius 3 is 2.37 bits per heavy atom. The Hall–Kier alpha value is -3.90. The SMILES string of the molecule is CS(=O)(=O)N(CCN1CCSCC1)c1ccc2c(c1)C(=O)N(CC(=O)OC(Cc1c(Cl)c[n+]([O-])cc1Cl)c1ccc(OC(F)F)c(OCC3CC3)c1)C2=O. The van der Waals surface area contributed by atoms with Crippen molar-refractivity contribution in [2.24, 2.45) is 5.92 Å². The van der Waals surface area contributed by atoms with Crippen LogP contribution in [0, 0.1) is 11.1 Å². The number of sulfonamides is 1. The molecule has 290 valence electrons. The summed E-state index contributed by atoms with van der Waals surface area (Å²) in [5, 5.41) is 11.8. The Balaban J connectivity index is 1.23. The van der Waals surface area contributed by atoms with Crippen LogP contribution in [0.4, 0.5) is 14.5 Å². The highest BCUT2D eigenvalue weighted by atomic mass is 35.5. The summed E-state index contributed by atoms with van der Waals surface area (Å²) in [5.41, 5.74) is 0.571. The Labute approximate surface area is 324 Å². The number of ether oxygens (including phenoxy) is 3. The molecule has 3 aliphatic rings. The number of hydrogen-bond acceptors (Lipinski definition) is 11. The fourth-order valence-corrected chi connectivity index (χ4v) is 8.59. The van der Waals surface area contributed by atoms with Crippen LogP contribution in [-0.4, -0.2) is 99.7 Å². The smallest absolute Gasteiger partial charge is 0.387 e. The van der Waals surface area contributed by atoms with Crippen molar-refractivity contribution >= 4 is 68.5 Å². The standard InChI is InChI=1S/C35H36Cl2F2N4O9S2/c1-54(48,49)43(9-8-40-10-12-53-13-11-40)23-5-6-24-25(15-23)34(46)42(33(24)45)19-32(44)51-30(16-26-27(36)17-41(47)18-28(26)37)22-4-7-29(52-35(38)39)31(14-22)50-20-21-2-3-21/h4-7,14-15,17-18,21,30,35H,2-3,8-13,16,19-20H2,1H3. The van der Waals surface area contributed by atoms with Gasteiger partial charge in [-0.2, -0.15) is 25.3 Å². The molecule has 2 aliphatic heterocycles. The number of alkyl halides is 2. The van der Waals surface area contributed by atoms with E-state index in [4.69, 9.17) is 32.7 Å². The summed E-state index contributed by atoms with van der Waals surface area (Å²) in [6.07, 6.45) is 3.57. The molecule has 1 unspecified atom stereocenters. The van der Waals surface area contributed by atoms with Gasteiger partial charge in [-0.05, 0) is 54.7 Å². The topological polar surface area (TPSA) is 150 Å². The molecule has 1 aromatic heterocycles. The van der Waals surface area contributed by atoms with Crippen LogP contribution in [0.1, 0.15) is 50.8 Å². The predicted molar refractivity (Wildman–Crippen MR) is 197 cm³/mol. The van der Waals surface area contributed by atoms with Gasteiger partial charge < -0.3 is 19.4 Å². The molecular formula is C35H36Cl2F2N4O9S2. The van der Waals surface area contributed by atoms with Gasteiger partial charge in [-0.1, -0.05) is 29.3 Å². The maximum atomic E-state index is 13.6. The molecule has 1 atom stereocenters. The van der Waals surface area contributed by atoms with Gasteiger partial charge in [0.15, 0.2) is 23.9 Å². The van der Waals surface area contributed by atoms with Crippen molar-refractivity contribution in [1.29, 1.82) is 0 Å². The minimum absolute atomic E-state index is 0.0181. The van der Waals surface area contributed by atoms with E-state index >= 15 is 0 Å². The Kier molecular flexibility index (Phi) is 12.4. The summed E-state index contributed by atoms with van der Waals surface area (Å²) < 4.78 is 70.0. The number of imide groups is 1. The van der Waals surface area contributed by atoms with E-state index < -0.39 is 47.1 Å². The van der Waals surface area contributed by atoms with Crippen LogP contribution in [0.2, 0.25) is 10.0 Å². The van der Waals surface area contributed by atoms with Crippen molar-refractivity contribution in [2.75, 3.05) is 61.4 Å². The highest BCUT2D eigenvalue weighted by Gasteiger charge is 2.39. The molecule has 2 aromatic carbocycles. The van der Waals surface area contributed by atoms with Crippen LogP contribution < -0.4 is 18.5 Å². The molecule has 19 heteroatoms. The summed E-state index contributed by atoms with van der Waals surface area (Å²) in [5.74, 6) is -0.767. The molecule has 0 radical (unpaired) electrons. The van der Waals surface area contributed by atoms with Crippen molar-refractivity contribution in [1.82, 2.24) is 9.80 Å². The average Bonchev–Trinajstić information content (AvgIpc) is 3.91. The number of carbonyl (C=O) groups is 3. The molecular weight excluding hydrogens is 793 g/mol. The van der Waals surface area contributed by atoms with Gasteiger partial charge in [0, 0.05) is 49.7 Å². The number of rotatable bonds is 16. The maximum absolute atomic E-state index is 13.6. The first-order valence-electron chi connectivity index (χ1n) is 16.9. The largest absolute Gasteiger partial charge is 0.619 e. The van der Waals surface area contributed by atoms with Crippen LogP contribution in [0.3, 0.4) is 0 Å². The van der Waals surface area contributed by atoms with E-state index in [1.54, 1.807) is 0 Å². The molecule has 1 saturated carbocycles. The number of benzene rings is 2.